The van der Waals surface area contributed by atoms with Gasteiger partial charge in [0.25, 0.3) is 5.91 Å². The van der Waals surface area contributed by atoms with Gasteiger partial charge >= 0.3 is 0 Å². The number of aryl methyl sites for hydroxylation is 1. The van der Waals surface area contributed by atoms with Crippen LogP contribution in [0.25, 0.3) is 0 Å². The lowest BCUT2D eigenvalue weighted by Crippen LogP contribution is -2.38. The molecule has 0 saturated heterocycles. The summed E-state index contributed by atoms with van der Waals surface area (Å²) in [6, 6.07) is 8.93. The number of aromatic nitrogens is 1. The number of hydrogen-bond acceptors (Lipinski definition) is 5. The second-order valence-corrected chi connectivity index (χ2v) is 9.12. The van der Waals surface area contributed by atoms with E-state index in [1.807, 2.05) is 12.1 Å². The summed E-state index contributed by atoms with van der Waals surface area (Å²) in [7, 11) is -3.53. The van der Waals surface area contributed by atoms with E-state index in [-0.39, 0.29) is 30.2 Å². The maximum absolute atomic E-state index is 12.3. The van der Waals surface area contributed by atoms with Crippen molar-refractivity contribution < 1.29 is 17.7 Å². The van der Waals surface area contributed by atoms with Gasteiger partial charge in [0, 0.05) is 18.2 Å². The second-order valence-electron chi connectivity index (χ2n) is 7.21. The Kier molecular flexibility index (Phi) is 5.75. The van der Waals surface area contributed by atoms with Crippen LogP contribution in [0.5, 0.6) is 0 Å². The number of anilines is 1. The molecule has 0 fully saturated rings. The third-order valence-corrected chi connectivity index (χ3v) is 5.06. The van der Waals surface area contributed by atoms with Crippen LogP contribution in [0.1, 0.15) is 42.5 Å². The van der Waals surface area contributed by atoms with Gasteiger partial charge < -0.3 is 9.84 Å². The molecule has 0 saturated carbocycles. The van der Waals surface area contributed by atoms with Crippen LogP contribution in [0.3, 0.4) is 0 Å². The maximum Gasteiger partial charge on any atom is 0.251 e. The van der Waals surface area contributed by atoms with E-state index in [9.17, 15) is 13.2 Å². The van der Waals surface area contributed by atoms with Gasteiger partial charge in [-0.1, -0.05) is 38.1 Å². The van der Waals surface area contributed by atoms with Gasteiger partial charge in [-0.15, -0.1) is 0 Å². The number of amides is 1. The molecular formula is C18H25N3O4S. The second kappa shape index (κ2) is 7.49. The average molecular weight is 379 g/mol. The molecule has 2 aromatic rings. The zero-order chi connectivity index (χ0) is 19.5. The molecule has 26 heavy (non-hydrogen) atoms. The first kappa shape index (κ1) is 20.0. The first-order chi connectivity index (χ1) is 12.0. The predicted octanol–water partition coefficient (Wildman–Crippen LogP) is 2.48. The Bertz CT molecular complexity index is 865. The zero-order valence-corrected chi connectivity index (χ0v) is 16.6. The largest absolute Gasteiger partial charge is 0.360 e. The fraction of sp³-hybridized carbons (Fsp3) is 0.444. The van der Waals surface area contributed by atoms with Crippen LogP contribution >= 0.6 is 0 Å². The number of nitrogens with zero attached hydrogens (tertiary/aromatic N) is 2. The van der Waals surface area contributed by atoms with Crippen molar-refractivity contribution in [2.45, 2.75) is 33.1 Å². The van der Waals surface area contributed by atoms with Gasteiger partial charge in [-0.25, -0.2) is 12.7 Å². The van der Waals surface area contributed by atoms with Crippen molar-refractivity contribution in [3.63, 3.8) is 0 Å². The maximum atomic E-state index is 12.3. The molecule has 0 atom stereocenters. The smallest absolute Gasteiger partial charge is 0.251 e. The van der Waals surface area contributed by atoms with E-state index in [0.717, 1.165) is 16.1 Å². The molecule has 0 radical (unpaired) electrons. The Labute approximate surface area is 154 Å². The Morgan fingerprint density at radius 2 is 1.85 bits per heavy atom. The summed E-state index contributed by atoms with van der Waals surface area (Å²) in [6.45, 7) is 8.21. The van der Waals surface area contributed by atoms with Crippen molar-refractivity contribution in [1.82, 2.24) is 10.5 Å². The van der Waals surface area contributed by atoms with Crippen molar-refractivity contribution in [2.24, 2.45) is 0 Å². The minimum atomic E-state index is -3.53. The normalized spacial score (nSPS) is 12.0. The van der Waals surface area contributed by atoms with E-state index in [2.05, 4.69) is 31.2 Å². The van der Waals surface area contributed by atoms with Crippen LogP contribution in [-0.4, -0.2) is 38.8 Å². The molecule has 1 aromatic carbocycles. The van der Waals surface area contributed by atoms with Gasteiger partial charge in [0.2, 0.25) is 10.0 Å². The Morgan fingerprint density at radius 1 is 1.23 bits per heavy atom. The molecule has 1 aromatic heterocycles. The van der Waals surface area contributed by atoms with Gasteiger partial charge in [-0.3, -0.25) is 4.79 Å². The van der Waals surface area contributed by atoms with Gasteiger partial charge in [-0.05, 0) is 30.0 Å². The number of rotatable bonds is 6. The molecule has 7 nitrogen and oxygen atoms in total. The third-order valence-electron chi connectivity index (χ3n) is 3.88. The minimum Gasteiger partial charge on any atom is -0.360 e. The SMILES string of the molecule is Cc1cc(N(CCNC(=O)c2ccc(C(C)(C)C)cc2)S(C)(=O)=O)no1. The summed E-state index contributed by atoms with van der Waals surface area (Å²) < 4.78 is 29.9. The third kappa shape index (κ3) is 5.08. The summed E-state index contributed by atoms with van der Waals surface area (Å²) in [4.78, 5) is 12.3. The zero-order valence-electron chi connectivity index (χ0n) is 15.7. The van der Waals surface area contributed by atoms with Crippen molar-refractivity contribution in [3.05, 3.63) is 47.2 Å². The van der Waals surface area contributed by atoms with Crippen LogP contribution in [0.4, 0.5) is 5.82 Å². The first-order valence-electron chi connectivity index (χ1n) is 8.28. The highest BCUT2D eigenvalue weighted by molar-refractivity contribution is 7.92. The van der Waals surface area contributed by atoms with Gasteiger partial charge in [0.1, 0.15) is 5.76 Å². The van der Waals surface area contributed by atoms with Crippen LogP contribution in [0, 0.1) is 6.92 Å². The molecule has 142 valence electrons. The van der Waals surface area contributed by atoms with E-state index < -0.39 is 10.0 Å². The molecule has 0 aliphatic carbocycles. The summed E-state index contributed by atoms with van der Waals surface area (Å²) >= 11 is 0. The van der Waals surface area contributed by atoms with E-state index in [1.165, 1.54) is 6.07 Å². The molecule has 8 heteroatoms. The Balaban J connectivity index is 2.00. The van der Waals surface area contributed by atoms with Crippen molar-refractivity contribution in [1.29, 1.82) is 0 Å². The number of carbonyl (C=O) groups excluding carboxylic acids is 1. The van der Waals surface area contributed by atoms with E-state index in [0.29, 0.717) is 11.3 Å². The standard InChI is InChI=1S/C18H25N3O4S/c1-13-12-16(20-25-13)21(26(5,23)24)11-10-19-17(22)14-6-8-15(9-7-14)18(2,3)4/h6-9,12H,10-11H2,1-5H3,(H,19,22). The van der Waals surface area contributed by atoms with Gasteiger partial charge in [0.15, 0.2) is 5.82 Å². The number of hydrogen-bond donors (Lipinski definition) is 1. The lowest BCUT2D eigenvalue weighted by molar-refractivity contribution is 0.0954. The lowest BCUT2D eigenvalue weighted by atomic mass is 9.87. The predicted molar refractivity (Wildman–Crippen MR) is 101 cm³/mol. The highest BCUT2D eigenvalue weighted by atomic mass is 32.2. The molecule has 0 unspecified atom stereocenters. The Morgan fingerprint density at radius 3 is 2.31 bits per heavy atom. The van der Waals surface area contributed by atoms with Crippen molar-refractivity contribution in [2.75, 3.05) is 23.7 Å². The van der Waals surface area contributed by atoms with Gasteiger partial charge in [-0.2, -0.15) is 0 Å². The quantitative estimate of drug-likeness (QED) is 0.832. The number of benzene rings is 1. The van der Waals surface area contributed by atoms with Crippen LogP contribution in [-0.2, 0) is 15.4 Å². The van der Waals surface area contributed by atoms with Gasteiger partial charge in [0.05, 0.1) is 12.8 Å². The molecular weight excluding hydrogens is 354 g/mol. The van der Waals surface area contributed by atoms with Crippen LogP contribution < -0.4 is 9.62 Å². The van der Waals surface area contributed by atoms with E-state index in [4.69, 9.17) is 4.52 Å². The van der Waals surface area contributed by atoms with E-state index in [1.54, 1.807) is 19.1 Å². The molecule has 1 amide bonds. The molecule has 1 heterocycles. The average Bonchev–Trinajstić information content (AvgIpc) is 2.95. The highest BCUT2D eigenvalue weighted by Gasteiger charge is 2.21. The Hall–Kier alpha value is -2.35. The first-order valence-corrected chi connectivity index (χ1v) is 10.1. The summed E-state index contributed by atoms with van der Waals surface area (Å²) in [5.41, 5.74) is 1.68. The topological polar surface area (TPSA) is 92.5 Å². The monoisotopic (exact) mass is 379 g/mol. The fourth-order valence-electron chi connectivity index (χ4n) is 2.42. The summed E-state index contributed by atoms with van der Waals surface area (Å²) in [5.74, 6) is 0.459. The summed E-state index contributed by atoms with van der Waals surface area (Å²) in [5, 5.41) is 6.46. The van der Waals surface area contributed by atoms with Crippen LogP contribution in [0.15, 0.2) is 34.9 Å². The molecule has 0 aliphatic heterocycles. The molecule has 0 aliphatic rings. The van der Waals surface area contributed by atoms with Crippen molar-refractivity contribution >= 4 is 21.7 Å². The lowest BCUT2D eigenvalue weighted by Gasteiger charge is -2.20. The van der Waals surface area contributed by atoms with Crippen LogP contribution in [0.2, 0.25) is 0 Å². The molecule has 2 rings (SSSR count). The number of nitrogens with one attached hydrogen (secondary N) is 1. The molecule has 1 N–H and O–H groups in total. The molecule has 0 spiro atoms. The molecule has 0 bridgehead atoms. The van der Waals surface area contributed by atoms with Crippen molar-refractivity contribution in [3.8, 4) is 0 Å². The fourth-order valence-corrected chi connectivity index (χ4v) is 3.26. The highest BCUT2D eigenvalue weighted by Crippen LogP contribution is 2.22. The number of carbonyl (C=O) groups is 1. The minimum absolute atomic E-state index is 0.0146. The van der Waals surface area contributed by atoms with E-state index >= 15 is 0 Å². The summed E-state index contributed by atoms with van der Waals surface area (Å²) in [6.07, 6.45) is 1.09. The number of sulfonamides is 1.